The van der Waals surface area contributed by atoms with Crippen molar-refractivity contribution >= 4 is 0 Å². The van der Waals surface area contributed by atoms with Crippen LogP contribution in [0.15, 0.2) is 0 Å². The Morgan fingerprint density at radius 1 is 1.70 bits per heavy atom. The van der Waals surface area contributed by atoms with Crippen molar-refractivity contribution in [2.75, 3.05) is 13.2 Å². The summed E-state index contributed by atoms with van der Waals surface area (Å²) in [4.78, 5) is 0. The zero-order valence-corrected chi connectivity index (χ0v) is 6.85. The lowest BCUT2D eigenvalue weighted by Crippen LogP contribution is -2.48. The van der Waals surface area contributed by atoms with Crippen molar-refractivity contribution in [1.29, 1.82) is 0 Å². The van der Waals surface area contributed by atoms with Crippen LogP contribution in [-0.2, 0) is 0 Å². The van der Waals surface area contributed by atoms with E-state index >= 15 is 0 Å². The van der Waals surface area contributed by atoms with Gasteiger partial charge in [-0.15, -0.1) is 0 Å². The van der Waals surface area contributed by atoms with Crippen molar-refractivity contribution in [2.45, 2.75) is 32.7 Å². The van der Waals surface area contributed by atoms with Gasteiger partial charge in [0, 0.05) is 18.1 Å². The van der Waals surface area contributed by atoms with Crippen molar-refractivity contribution in [3.05, 3.63) is 0 Å². The maximum atomic E-state index is 9.08. The molecule has 1 heterocycles. The van der Waals surface area contributed by atoms with Gasteiger partial charge in [-0.3, -0.25) is 0 Å². The number of rotatable bonds is 1. The third-order valence-corrected chi connectivity index (χ3v) is 2.78. The predicted octanol–water partition coefficient (Wildman–Crippen LogP) is 0.757. The van der Waals surface area contributed by atoms with Crippen LogP contribution < -0.4 is 5.32 Å². The van der Waals surface area contributed by atoms with Crippen molar-refractivity contribution in [3.8, 4) is 0 Å². The Labute approximate surface area is 62.6 Å². The third kappa shape index (κ3) is 1.32. The van der Waals surface area contributed by atoms with Crippen LogP contribution in [0.3, 0.4) is 0 Å². The summed E-state index contributed by atoms with van der Waals surface area (Å²) in [6, 6.07) is 0.464. The quantitative estimate of drug-likeness (QED) is 0.568. The average molecular weight is 143 g/mol. The molecule has 1 saturated heterocycles. The molecule has 1 rings (SSSR count). The van der Waals surface area contributed by atoms with Gasteiger partial charge in [0.2, 0.25) is 0 Å². The van der Waals surface area contributed by atoms with Crippen molar-refractivity contribution in [2.24, 2.45) is 5.41 Å². The first-order valence-electron chi connectivity index (χ1n) is 4.03. The molecule has 0 aliphatic carbocycles. The maximum Gasteiger partial charge on any atom is 0.0499 e. The molecule has 0 amide bonds. The van der Waals surface area contributed by atoms with Gasteiger partial charge < -0.3 is 10.4 Å². The molecule has 0 spiro atoms. The number of hydrogen-bond acceptors (Lipinski definition) is 2. The highest BCUT2D eigenvalue weighted by atomic mass is 16.3. The number of hydrogen-bond donors (Lipinski definition) is 2. The van der Waals surface area contributed by atoms with Crippen molar-refractivity contribution in [3.63, 3.8) is 0 Å². The van der Waals surface area contributed by atoms with Crippen LogP contribution in [-0.4, -0.2) is 24.3 Å². The second kappa shape index (κ2) is 2.89. The minimum atomic E-state index is 0.123. The first-order valence-corrected chi connectivity index (χ1v) is 4.03. The number of nitrogens with one attached hydrogen (secondary N) is 1. The first-order chi connectivity index (χ1) is 4.69. The summed E-state index contributed by atoms with van der Waals surface area (Å²) in [5, 5.41) is 12.4. The van der Waals surface area contributed by atoms with Gasteiger partial charge in [-0.25, -0.2) is 0 Å². The highest BCUT2D eigenvalue weighted by Crippen LogP contribution is 2.29. The van der Waals surface area contributed by atoms with Crippen LogP contribution in [0.1, 0.15) is 26.7 Å². The average Bonchev–Trinajstić information content (AvgIpc) is 1.96. The monoisotopic (exact) mass is 143 g/mol. The summed E-state index contributed by atoms with van der Waals surface area (Å²) in [5.41, 5.74) is 0.123. The van der Waals surface area contributed by atoms with E-state index in [1.807, 2.05) is 0 Å². The number of aliphatic hydroxyl groups is 1. The first kappa shape index (κ1) is 8.02. The molecule has 0 radical (unpaired) electrons. The fraction of sp³-hybridized carbons (Fsp3) is 1.00. The minimum absolute atomic E-state index is 0.123. The Balaban J connectivity index is 2.54. The van der Waals surface area contributed by atoms with E-state index < -0.39 is 0 Å². The molecule has 2 N–H and O–H groups in total. The van der Waals surface area contributed by atoms with E-state index in [2.05, 4.69) is 19.2 Å². The normalized spacial score (nSPS) is 41.7. The smallest absolute Gasteiger partial charge is 0.0499 e. The standard InChI is InChI=1S/C8H17NO/c1-7-8(2,6-10)4-3-5-9-7/h7,9-10H,3-6H2,1-2H3/t7-,8+/m1/s1. The highest BCUT2D eigenvalue weighted by molar-refractivity contribution is 4.87. The molecule has 1 fully saturated rings. The molecule has 10 heavy (non-hydrogen) atoms. The summed E-state index contributed by atoms with van der Waals surface area (Å²) < 4.78 is 0. The van der Waals surface area contributed by atoms with E-state index in [0.29, 0.717) is 12.6 Å². The minimum Gasteiger partial charge on any atom is -0.396 e. The van der Waals surface area contributed by atoms with Crippen molar-refractivity contribution in [1.82, 2.24) is 5.32 Å². The fourth-order valence-corrected chi connectivity index (χ4v) is 1.49. The van der Waals surface area contributed by atoms with Gasteiger partial charge in [0.05, 0.1) is 0 Å². The zero-order valence-electron chi connectivity index (χ0n) is 6.85. The fourth-order valence-electron chi connectivity index (χ4n) is 1.49. The molecule has 0 bridgehead atoms. The Morgan fingerprint density at radius 2 is 2.40 bits per heavy atom. The molecule has 0 aromatic carbocycles. The molecule has 0 aromatic rings. The molecule has 1 aliphatic rings. The molecular formula is C8H17NO. The van der Waals surface area contributed by atoms with Gasteiger partial charge >= 0.3 is 0 Å². The van der Waals surface area contributed by atoms with Gasteiger partial charge in [0.25, 0.3) is 0 Å². The predicted molar refractivity (Wildman–Crippen MR) is 41.9 cm³/mol. The number of piperidine rings is 1. The van der Waals surface area contributed by atoms with Crippen LogP contribution in [0.2, 0.25) is 0 Å². The van der Waals surface area contributed by atoms with E-state index in [4.69, 9.17) is 5.11 Å². The van der Waals surface area contributed by atoms with Crippen LogP contribution >= 0.6 is 0 Å². The molecule has 1 aliphatic heterocycles. The van der Waals surface area contributed by atoms with Crippen LogP contribution in [0, 0.1) is 5.41 Å². The topological polar surface area (TPSA) is 32.3 Å². The van der Waals surface area contributed by atoms with E-state index in [1.54, 1.807) is 0 Å². The van der Waals surface area contributed by atoms with Gasteiger partial charge in [-0.05, 0) is 26.3 Å². The summed E-state index contributed by atoms with van der Waals surface area (Å²) in [6.07, 6.45) is 2.35. The highest BCUT2D eigenvalue weighted by Gasteiger charge is 2.32. The summed E-state index contributed by atoms with van der Waals surface area (Å²) in [6.45, 7) is 5.71. The van der Waals surface area contributed by atoms with E-state index in [9.17, 15) is 0 Å². The van der Waals surface area contributed by atoms with E-state index in [-0.39, 0.29) is 5.41 Å². The molecule has 2 nitrogen and oxygen atoms in total. The lowest BCUT2D eigenvalue weighted by atomic mass is 9.77. The molecule has 0 saturated carbocycles. The van der Waals surface area contributed by atoms with Gasteiger partial charge in [-0.1, -0.05) is 6.92 Å². The van der Waals surface area contributed by atoms with E-state index in [1.165, 1.54) is 6.42 Å². The SMILES string of the molecule is C[C@H]1NCCC[C@@]1(C)CO. The summed E-state index contributed by atoms with van der Waals surface area (Å²) >= 11 is 0. The van der Waals surface area contributed by atoms with Crippen LogP contribution in [0.25, 0.3) is 0 Å². The zero-order chi connectivity index (χ0) is 7.61. The molecular weight excluding hydrogens is 126 g/mol. The second-order valence-electron chi connectivity index (χ2n) is 3.59. The van der Waals surface area contributed by atoms with Gasteiger partial charge in [0.1, 0.15) is 0 Å². The Kier molecular flexibility index (Phi) is 2.32. The molecule has 2 heteroatoms. The summed E-state index contributed by atoms with van der Waals surface area (Å²) in [5.74, 6) is 0. The molecule has 60 valence electrons. The summed E-state index contributed by atoms with van der Waals surface area (Å²) in [7, 11) is 0. The Morgan fingerprint density at radius 3 is 2.80 bits per heavy atom. The molecule has 0 unspecified atom stereocenters. The Bertz CT molecular complexity index is 116. The third-order valence-electron chi connectivity index (χ3n) is 2.78. The number of aliphatic hydroxyl groups excluding tert-OH is 1. The molecule has 2 atom stereocenters. The second-order valence-corrected chi connectivity index (χ2v) is 3.59. The van der Waals surface area contributed by atoms with Crippen LogP contribution in [0.5, 0.6) is 0 Å². The Hall–Kier alpha value is -0.0800. The van der Waals surface area contributed by atoms with E-state index in [0.717, 1.165) is 13.0 Å². The van der Waals surface area contributed by atoms with Gasteiger partial charge in [-0.2, -0.15) is 0 Å². The van der Waals surface area contributed by atoms with Crippen molar-refractivity contribution < 1.29 is 5.11 Å². The van der Waals surface area contributed by atoms with Gasteiger partial charge in [0.15, 0.2) is 0 Å². The molecule has 0 aromatic heterocycles. The lowest BCUT2D eigenvalue weighted by Gasteiger charge is -2.38. The maximum absolute atomic E-state index is 9.08. The largest absolute Gasteiger partial charge is 0.396 e. The lowest BCUT2D eigenvalue weighted by molar-refractivity contribution is 0.0753. The van der Waals surface area contributed by atoms with Crippen LogP contribution in [0.4, 0.5) is 0 Å².